The van der Waals surface area contributed by atoms with Crippen LogP contribution in [0.3, 0.4) is 0 Å². The number of allylic oxidation sites excluding steroid dienone is 2. The molecule has 3 amide bonds. The van der Waals surface area contributed by atoms with Gasteiger partial charge in [0.25, 0.3) is 0 Å². The number of hydrogen-bond acceptors (Lipinski definition) is 4. The third-order valence-electron chi connectivity index (χ3n) is 6.90. The summed E-state index contributed by atoms with van der Waals surface area (Å²) in [6.07, 6.45) is 4.96. The van der Waals surface area contributed by atoms with Crippen LogP contribution < -0.4 is 10.1 Å². The number of fused-ring (bicyclic) bond motifs is 5. The van der Waals surface area contributed by atoms with Crippen LogP contribution in [0.5, 0.6) is 5.75 Å². The van der Waals surface area contributed by atoms with Gasteiger partial charge in [0, 0.05) is 10.7 Å². The second-order valence-corrected chi connectivity index (χ2v) is 9.26. The second kappa shape index (κ2) is 8.67. The van der Waals surface area contributed by atoms with E-state index in [9.17, 15) is 14.4 Å². The molecule has 1 aliphatic heterocycles. The highest BCUT2D eigenvalue weighted by atomic mass is 35.5. The molecule has 170 valence electrons. The fourth-order valence-electron chi connectivity index (χ4n) is 5.46. The summed E-state index contributed by atoms with van der Waals surface area (Å²) >= 11 is 6.06. The number of carbonyl (C=O) groups is 3. The van der Waals surface area contributed by atoms with Crippen molar-refractivity contribution in [1.29, 1.82) is 0 Å². The number of likely N-dealkylation sites (tertiary alicyclic amines) is 1. The molecule has 5 unspecified atom stereocenters. The zero-order chi connectivity index (χ0) is 23.1. The van der Waals surface area contributed by atoms with Gasteiger partial charge < -0.3 is 10.1 Å². The van der Waals surface area contributed by atoms with Crippen LogP contribution in [0.2, 0.25) is 5.02 Å². The van der Waals surface area contributed by atoms with E-state index in [0.29, 0.717) is 22.9 Å². The Morgan fingerprint density at radius 1 is 1.03 bits per heavy atom. The molecule has 0 radical (unpaired) electrons. The van der Waals surface area contributed by atoms with Crippen molar-refractivity contribution in [2.45, 2.75) is 25.8 Å². The number of carbonyl (C=O) groups excluding carboxylic acids is 3. The van der Waals surface area contributed by atoms with Gasteiger partial charge in [-0.1, -0.05) is 35.9 Å². The number of hydrogen-bond donors (Lipinski definition) is 1. The van der Waals surface area contributed by atoms with E-state index in [2.05, 4.69) is 17.5 Å². The molecule has 2 aromatic rings. The Morgan fingerprint density at radius 3 is 2.21 bits per heavy atom. The molecule has 1 saturated carbocycles. The Kier molecular flexibility index (Phi) is 5.71. The molecule has 2 fully saturated rings. The highest BCUT2D eigenvalue weighted by molar-refractivity contribution is 6.30. The first-order chi connectivity index (χ1) is 16.0. The zero-order valence-corrected chi connectivity index (χ0v) is 19.0. The summed E-state index contributed by atoms with van der Waals surface area (Å²) in [5, 5.41) is 3.42. The summed E-state index contributed by atoms with van der Waals surface area (Å²) in [6.45, 7) is 2.47. The molecule has 5 rings (SSSR count). The molecule has 0 aromatic heterocycles. The molecule has 2 aromatic carbocycles. The quantitative estimate of drug-likeness (QED) is 0.479. The van der Waals surface area contributed by atoms with Gasteiger partial charge in [-0.3, -0.25) is 19.3 Å². The van der Waals surface area contributed by atoms with Crippen molar-refractivity contribution in [2.24, 2.45) is 23.7 Å². The normalized spacial score (nSPS) is 25.9. The number of rotatable bonds is 7. The van der Waals surface area contributed by atoms with Gasteiger partial charge in [0.2, 0.25) is 17.7 Å². The predicted octanol–water partition coefficient (Wildman–Crippen LogP) is 4.62. The SMILES string of the molecule is CCOc1ccc(NC(=O)CC(c2ccc(Cl)cc2)N2C(=O)C3C4C=CC(C4)C3C2=O)cc1. The average molecular weight is 465 g/mol. The molecule has 5 atom stereocenters. The molecular weight excluding hydrogens is 440 g/mol. The molecule has 6 nitrogen and oxygen atoms in total. The number of nitrogens with one attached hydrogen (secondary N) is 1. The van der Waals surface area contributed by atoms with E-state index in [1.54, 1.807) is 48.5 Å². The standard InChI is InChI=1S/C26H25ClN2O4/c1-2-33-20-11-9-19(10-12-20)28-22(30)14-21(15-5-7-18(27)8-6-15)29-25(31)23-16-3-4-17(13-16)24(23)26(29)32/h3-12,16-17,21,23-24H,2,13-14H2,1H3,(H,28,30). The molecule has 3 aliphatic rings. The lowest BCUT2D eigenvalue weighted by atomic mass is 9.85. The summed E-state index contributed by atoms with van der Waals surface area (Å²) in [5.41, 5.74) is 1.33. The van der Waals surface area contributed by atoms with Crippen LogP contribution >= 0.6 is 11.6 Å². The zero-order valence-electron chi connectivity index (χ0n) is 18.2. The van der Waals surface area contributed by atoms with Crippen molar-refractivity contribution in [3.05, 3.63) is 71.3 Å². The highest BCUT2D eigenvalue weighted by Crippen LogP contribution is 2.54. The number of imide groups is 1. The van der Waals surface area contributed by atoms with Crippen molar-refractivity contribution in [2.75, 3.05) is 11.9 Å². The van der Waals surface area contributed by atoms with Crippen LogP contribution in [0.15, 0.2) is 60.7 Å². The Hall–Kier alpha value is -3.12. The highest BCUT2D eigenvalue weighted by Gasteiger charge is 2.60. The summed E-state index contributed by atoms with van der Waals surface area (Å²) in [5.74, 6) is -0.287. The van der Waals surface area contributed by atoms with Gasteiger partial charge in [0.1, 0.15) is 5.75 Å². The smallest absolute Gasteiger partial charge is 0.234 e. The summed E-state index contributed by atoms with van der Waals surface area (Å²) in [4.78, 5) is 41.2. The summed E-state index contributed by atoms with van der Waals surface area (Å²) in [6, 6.07) is 13.4. The number of amides is 3. The lowest BCUT2D eigenvalue weighted by Gasteiger charge is -2.28. The topological polar surface area (TPSA) is 75.7 Å². The van der Waals surface area contributed by atoms with Crippen LogP contribution in [0.4, 0.5) is 5.69 Å². The molecule has 33 heavy (non-hydrogen) atoms. The van der Waals surface area contributed by atoms with Crippen LogP contribution in [0, 0.1) is 23.7 Å². The fraction of sp³-hybridized carbons (Fsp3) is 0.346. The Labute approximate surface area is 197 Å². The van der Waals surface area contributed by atoms with Gasteiger partial charge in [-0.15, -0.1) is 0 Å². The maximum absolute atomic E-state index is 13.4. The lowest BCUT2D eigenvalue weighted by molar-refractivity contribution is -0.144. The van der Waals surface area contributed by atoms with Crippen LogP contribution in [-0.2, 0) is 14.4 Å². The summed E-state index contributed by atoms with van der Waals surface area (Å²) in [7, 11) is 0. The first-order valence-electron chi connectivity index (χ1n) is 11.3. The van der Waals surface area contributed by atoms with Crippen LogP contribution in [-0.4, -0.2) is 29.2 Å². The van der Waals surface area contributed by atoms with E-state index < -0.39 is 6.04 Å². The largest absolute Gasteiger partial charge is 0.494 e. The van der Waals surface area contributed by atoms with E-state index in [-0.39, 0.29) is 47.8 Å². The molecule has 2 bridgehead atoms. The third kappa shape index (κ3) is 3.93. The van der Waals surface area contributed by atoms with E-state index in [1.165, 1.54) is 4.90 Å². The minimum atomic E-state index is -0.685. The van der Waals surface area contributed by atoms with Crippen molar-refractivity contribution >= 4 is 35.0 Å². The van der Waals surface area contributed by atoms with Crippen molar-refractivity contribution in [3.8, 4) is 5.75 Å². The third-order valence-corrected chi connectivity index (χ3v) is 7.15. The van der Waals surface area contributed by atoms with Crippen molar-refractivity contribution in [3.63, 3.8) is 0 Å². The maximum Gasteiger partial charge on any atom is 0.234 e. The van der Waals surface area contributed by atoms with Crippen LogP contribution in [0.25, 0.3) is 0 Å². The maximum atomic E-state index is 13.4. The molecule has 1 saturated heterocycles. The fourth-order valence-corrected chi connectivity index (χ4v) is 5.59. The minimum absolute atomic E-state index is 0.0332. The van der Waals surface area contributed by atoms with Gasteiger partial charge in [-0.25, -0.2) is 0 Å². The number of benzene rings is 2. The van der Waals surface area contributed by atoms with Crippen molar-refractivity contribution < 1.29 is 19.1 Å². The predicted molar refractivity (Wildman–Crippen MR) is 125 cm³/mol. The monoisotopic (exact) mass is 464 g/mol. The first kappa shape index (κ1) is 21.7. The number of ether oxygens (including phenoxy) is 1. The van der Waals surface area contributed by atoms with Crippen molar-refractivity contribution in [1.82, 2.24) is 4.90 Å². The van der Waals surface area contributed by atoms with Gasteiger partial charge in [-0.05, 0) is 67.1 Å². The average Bonchev–Trinajstić information content (AvgIpc) is 3.48. The molecular formula is C26H25ClN2O4. The Morgan fingerprint density at radius 2 is 1.64 bits per heavy atom. The summed E-state index contributed by atoms with van der Waals surface area (Å²) < 4.78 is 5.44. The van der Waals surface area contributed by atoms with E-state index in [1.807, 2.05) is 6.92 Å². The lowest BCUT2D eigenvalue weighted by Crippen LogP contribution is -2.38. The van der Waals surface area contributed by atoms with Gasteiger partial charge >= 0.3 is 0 Å². The van der Waals surface area contributed by atoms with Crippen LogP contribution in [0.1, 0.15) is 31.4 Å². The number of nitrogens with zero attached hydrogens (tertiary/aromatic N) is 1. The molecule has 1 N–H and O–H groups in total. The molecule has 0 spiro atoms. The van der Waals surface area contributed by atoms with Gasteiger partial charge in [0.05, 0.1) is 30.9 Å². The van der Waals surface area contributed by atoms with Gasteiger partial charge in [-0.2, -0.15) is 0 Å². The Balaban J connectivity index is 1.39. The number of anilines is 1. The van der Waals surface area contributed by atoms with Gasteiger partial charge in [0.15, 0.2) is 0 Å². The first-order valence-corrected chi connectivity index (χ1v) is 11.7. The van der Waals surface area contributed by atoms with E-state index in [4.69, 9.17) is 16.3 Å². The van der Waals surface area contributed by atoms with E-state index >= 15 is 0 Å². The van der Waals surface area contributed by atoms with E-state index in [0.717, 1.165) is 12.2 Å². The molecule has 1 heterocycles. The minimum Gasteiger partial charge on any atom is -0.494 e. The Bertz CT molecular complexity index is 1080. The molecule has 2 aliphatic carbocycles. The molecule has 7 heteroatoms. The second-order valence-electron chi connectivity index (χ2n) is 8.82. The number of halogens is 1.